The monoisotopic (exact) mass is 243 g/mol. The molecule has 0 saturated heterocycles. The van der Waals surface area contributed by atoms with Crippen molar-refractivity contribution in [3.8, 4) is 0 Å². The second-order valence-electron chi connectivity index (χ2n) is 2.55. The Labute approximate surface area is 91.1 Å². The van der Waals surface area contributed by atoms with Crippen molar-refractivity contribution in [2.45, 2.75) is 6.04 Å². The number of hydrogen-bond acceptors (Lipinski definition) is 2. The normalized spacial score (nSPS) is 12.1. The van der Waals surface area contributed by atoms with E-state index in [9.17, 15) is 8.78 Å². The van der Waals surface area contributed by atoms with Crippen molar-refractivity contribution < 1.29 is 13.9 Å². The predicted molar refractivity (Wildman–Crippen MR) is 52.6 cm³/mol. The van der Waals surface area contributed by atoms with Crippen molar-refractivity contribution in [1.29, 1.82) is 0 Å². The first kappa shape index (κ1) is 13.6. The molecule has 0 aliphatic rings. The van der Waals surface area contributed by atoms with Gasteiger partial charge in [-0.25, -0.2) is 8.78 Å². The molecule has 6 heteroatoms. The molecule has 0 aliphatic carbocycles. The lowest BCUT2D eigenvalue weighted by Crippen LogP contribution is -2.17. The molecule has 14 heavy (non-hydrogen) atoms. The Morgan fingerprint density at radius 3 is 2.36 bits per heavy atom. The molecule has 80 valence electrons. The van der Waals surface area contributed by atoms with E-state index in [-0.39, 0.29) is 23.0 Å². The average molecular weight is 244 g/mol. The van der Waals surface area contributed by atoms with E-state index in [2.05, 4.69) is 0 Å². The molecule has 1 aromatic rings. The van der Waals surface area contributed by atoms with Gasteiger partial charge in [0.2, 0.25) is 0 Å². The summed E-state index contributed by atoms with van der Waals surface area (Å²) in [5.74, 6) is -1.46. The molecule has 2 nitrogen and oxygen atoms in total. The molecular weight excluding hydrogens is 235 g/mol. The second-order valence-corrected chi connectivity index (χ2v) is 2.92. The van der Waals surface area contributed by atoms with Crippen LogP contribution in [0, 0.1) is 11.6 Å². The third kappa shape index (κ3) is 2.54. The SMILES string of the molecule is Cl.N[C@H](CO)c1c(F)ccc(F)c1Cl. The summed E-state index contributed by atoms with van der Waals surface area (Å²) in [7, 11) is 0. The van der Waals surface area contributed by atoms with E-state index < -0.39 is 24.3 Å². The van der Waals surface area contributed by atoms with E-state index in [0.29, 0.717) is 0 Å². The van der Waals surface area contributed by atoms with Gasteiger partial charge in [0.25, 0.3) is 0 Å². The summed E-state index contributed by atoms with van der Waals surface area (Å²) in [6, 6.07) is 0.834. The minimum absolute atomic E-state index is 0. The Morgan fingerprint density at radius 2 is 1.86 bits per heavy atom. The molecule has 3 N–H and O–H groups in total. The van der Waals surface area contributed by atoms with E-state index in [1.54, 1.807) is 0 Å². The predicted octanol–water partition coefficient (Wildman–Crippen LogP) is 2.03. The number of aliphatic hydroxyl groups is 1. The van der Waals surface area contributed by atoms with Crippen LogP contribution in [0.5, 0.6) is 0 Å². The molecule has 0 saturated carbocycles. The summed E-state index contributed by atoms with van der Waals surface area (Å²) >= 11 is 5.47. The highest BCUT2D eigenvalue weighted by atomic mass is 35.5. The summed E-state index contributed by atoms with van der Waals surface area (Å²) in [5.41, 5.74) is 5.13. The smallest absolute Gasteiger partial charge is 0.142 e. The first-order valence-electron chi connectivity index (χ1n) is 3.57. The molecule has 1 aromatic carbocycles. The maximum absolute atomic E-state index is 13.0. The fourth-order valence-corrected chi connectivity index (χ4v) is 1.27. The third-order valence-corrected chi connectivity index (χ3v) is 2.03. The van der Waals surface area contributed by atoms with E-state index in [0.717, 1.165) is 12.1 Å². The molecule has 0 bridgehead atoms. The number of halogens is 4. The minimum Gasteiger partial charge on any atom is -0.394 e. The van der Waals surface area contributed by atoms with Crippen LogP contribution >= 0.6 is 24.0 Å². The van der Waals surface area contributed by atoms with E-state index in [4.69, 9.17) is 22.4 Å². The Morgan fingerprint density at radius 1 is 1.36 bits per heavy atom. The van der Waals surface area contributed by atoms with E-state index >= 15 is 0 Å². The minimum atomic E-state index is -0.997. The maximum Gasteiger partial charge on any atom is 0.142 e. The average Bonchev–Trinajstić information content (AvgIpc) is 2.12. The summed E-state index contributed by atoms with van der Waals surface area (Å²) in [6.45, 7) is -0.486. The van der Waals surface area contributed by atoms with Crippen molar-refractivity contribution in [2.75, 3.05) is 6.61 Å². The van der Waals surface area contributed by atoms with Crippen LogP contribution in [-0.4, -0.2) is 11.7 Å². The molecule has 0 spiro atoms. The lowest BCUT2D eigenvalue weighted by molar-refractivity contribution is 0.265. The standard InChI is InChI=1S/C8H8ClF2NO.ClH/c9-8-5(11)2-1-4(10)7(8)6(12)3-13;/h1-2,6,13H,3,12H2;1H/t6-;/m1./s1. The van der Waals surface area contributed by atoms with E-state index in [1.807, 2.05) is 0 Å². The van der Waals surface area contributed by atoms with Crippen LogP contribution in [0.4, 0.5) is 8.78 Å². The van der Waals surface area contributed by atoms with Gasteiger partial charge in [-0.1, -0.05) is 11.6 Å². The van der Waals surface area contributed by atoms with Crippen LogP contribution in [0.3, 0.4) is 0 Å². The molecule has 0 aromatic heterocycles. The summed E-state index contributed by atoms with van der Waals surface area (Å²) in [6.07, 6.45) is 0. The van der Waals surface area contributed by atoms with Gasteiger partial charge >= 0.3 is 0 Å². The highest BCUT2D eigenvalue weighted by molar-refractivity contribution is 6.31. The molecule has 0 unspecified atom stereocenters. The molecule has 0 fully saturated rings. The maximum atomic E-state index is 13.0. The Balaban J connectivity index is 0.00000169. The van der Waals surface area contributed by atoms with Gasteiger partial charge in [-0.05, 0) is 12.1 Å². The second kappa shape index (κ2) is 5.46. The van der Waals surface area contributed by atoms with Crippen molar-refractivity contribution >= 4 is 24.0 Å². The highest BCUT2D eigenvalue weighted by Gasteiger charge is 2.17. The zero-order chi connectivity index (χ0) is 10.0. The van der Waals surface area contributed by atoms with E-state index in [1.165, 1.54) is 0 Å². The number of nitrogens with two attached hydrogens (primary N) is 1. The largest absolute Gasteiger partial charge is 0.394 e. The van der Waals surface area contributed by atoms with Crippen LogP contribution in [0.2, 0.25) is 5.02 Å². The van der Waals surface area contributed by atoms with Gasteiger partial charge in [0, 0.05) is 5.56 Å². The molecular formula is C8H9Cl2F2NO. The number of hydrogen-bond donors (Lipinski definition) is 2. The number of benzene rings is 1. The molecule has 1 rings (SSSR count). The lowest BCUT2D eigenvalue weighted by Gasteiger charge is -2.11. The summed E-state index contributed by atoms with van der Waals surface area (Å²) in [4.78, 5) is 0. The van der Waals surface area contributed by atoms with Crippen LogP contribution < -0.4 is 5.73 Å². The van der Waals surface area contributed by atoms with Crippen molar-refractivity contribution in [3.63, 3.8) is 0 Å². The number of aliphatic hydroxyl groups excluding tert-OH is 1. The van der Waals surface area contributed by atoms with Crippen molar-refractivity contribution in [1.82, 2.24) is 0 Å². The fraction of sp³-hybridized carbons (Fsp3) is 0.250. The van der Waals surface area contributed by atoms with Gasteiger partial charge in [-0.3, -0.25) is 0 Å². The van der Waals surface area contributed by atoms with Crippen molar-refractivity contribution in [3.05, 3.63) is 34.4 Å². The van der Waals surface area contributed by atoms with Crippen LogP contribution in [-0.2, 0) is 0 Å². The number of rotatable bonds is 2. The quantitative estimate of drug-likeness (QED) is 0.782. The first-order chi connectivity index (χ1) is 6.07. The molecule has 0 amide bonds. The zero-order valence-corrected chi connectivity index (χ0v) is 8.58. The molecule has 0 aliphatic heterocycles. The topological polar surface area (TPSA) is 46.2 Å². The van der Waals surface area contributed by atoms with Gasteiger partial charge in [-0.15, -0.1) is 12.4 Å². The zero-order valence-electron chi connectivity index (χ0n) is 7.01. The van der Waals surface area contributed by atoms with Gasteiger partial charge in [-0.2, -0.15) is 0 Å². The summed E-state index contributed by atoms with van der Waals surface area (Å²) < 4.78 is 25.8. The van der Waals surface area contributed by atoms with Crippen LogP contribution in [0.15, 0.2) is 12.1 Å². The Bertz CT molecular complexity index is 322. The van der Waals surface area contributed by atoms with Gasteiger partial charge < -0.3 is 10.8 Å². The van der Waals surface area contributed by atoms with Crippen molar-refractivity contribution in [2.24, 2.45) is 5.73 Å². The van der Waals surface area contributed by atoms with Gasteiger partial charge in [0.15, 0.2) is 0 Å². The molecule has 0 heterocycles. The highest BCUT2D eigenvalue weighted by Crippen LogP contribution is 2.26. The molecule has 0 radical (unpaired) electrons. The lowest BCUT2D eigenvalue weighted by atomic mass is 10.1. The van der Waals surface area contributed by atoms with Gasteiger partial charge in [0.1, 0.15) is 11.6 Å². The first-order valence-corrected chi connectivity index (χ1v) is 3.95. The Kier molecular flexibility index (Phi) is 5.29. The molecule has 1 atom stereocenters. The summed E-state index contributed by atoms with van der Waals surface area (Å²) in [5, 5.41) is 8.28. The van der Waals surface area contributed by atoms with Crippen LogP contribution in [0.1, 0.15) is 11.6 Å². The Hall–Kier alpha value is -0.420. The van der Waals surface area contributed by atoms with Gasteiger partial charge in [0.05, 0.1) is 17.7 Å². The van der Waals surface area contributed by atoms with Crippen LogP contribution in [0.25, 0.3) is 0 Å². The third-order valence-electron chi connectivity index (χ3n) is 1.65. The fourth-order valence-electron chi connectivity index (χ4n) is 0.974.